The normalized spacial score (nSPS) is 14.2. The van der Waals surface area contributed by atoms with Crippen LogP contribution in [-0.4, -0.2) is 30.2 Å². The zero-order valence-electron chi connectivity index (χ0n) is 10.7. The van der Waals surface area contributed by atoms with E-state index in [4.69, 9.17) is 0 Å². The molecule has 0 bridgehead atoms. The second-order valence-electron chi connectivity index (χ2n) is 4.34. The number of nitrogens with zero attached hydrogens (tertiary/aromatic N) is 1. The van der Waals surface area contributed by atoms with Gasteiger partial charge in [-0.2, -0.15) is 11.8 Å². The molecule has 0 radical (unpaired) electrons. The molecule has 0 aliphatic carbocycles. The lowest BCUT2D eigenvalue weighted by Gasteiger charge is -2.16. The van der Waals surface area contributed by atoms with E-state index in [1.54, 1.807) is 16.7 Å². The average molecular weight is 263 g/mol. The highest BCUT2D eigenvalue weighted by Crippen LogP contribution is 2.30. The van der Waals surface area contributed by atoms with Gasteiger partial charge in [0.15, 0.2) is 0 Å². The van der Waals surface area contributed by atoms with Gasteiger partial charge in [0.2, 0.25) is 0 Å². The van der Waals surface area contributed by atoms with Crippen molar-refractivity contribution in [2.24, 2.45) is 0 Å². The van der Waals surface area contributed by atoms with Crippen molar-refractivity contribution in [2.75, 3.05) is 23.5 Å². The third-order valence-electron chi connectivity index (χ3n) is 3.17. The van der Waals surface area contributed by atoms with E-state index in [1.807, 2.05) is 31.4 Å². The van der Waals surface area contributed by atoms with Crippen molar-refractivity contribution < 1.29 is 9.59 Å². The molecule has 18 heavy (non-hydrogen) atoms. The SMILES string of the molecule is CCc1ccc2c(c1)C(=O)C(=O)N2CCCSC. The molecule has 0 unspecified atom stereocenters. The van der Waals surface area contributed by atoms with Gasteiger partial charge >= 0.3 is 0 Å². The lowest BCUT2D eigenvalue weighted by Crippen LogP contribution is -2.30. The van der Waals surface area contributed by atoms with Crippen LogP contribution in [0.5, 0.6) is 0 Å². The lowest BCUT2D eigenvalue weighted by molar-refractivity contribution is -0.114. The van der Waals surface area contributed by atoms with E-state index < -0.39 is 0 Å². The van der Waals surface area contributed by atoms with Gasteiger partial charge in [-0.25, -0.2) is 0 Å². The first kappa shape index (κ1) is 13.1. The second-order valence-corrected chi connectivity index (χ2v) is 5.32. The molecule has 1 aliphatic rings. The van der Waals surface area contributed by atoms with Gasteiger partial charge in [-0.15, -0.1) is 0 Å². The predicted molar refractivity (Wildman–Crippen MR) is 75.5 cm³/mol. The van der Waals surface area contributed by atoms with Crippen LogP contribution in [0.3, 0.4) is 0 Å². The molecule has 96 valence electrons. The summed E-state index contributed by atoms with van der Waals surface area (Å²) in [5, 5.41) is 0. The minimum atomic E-state index is -0.376. The van der Waals surface area contributed by atoms with Crippen LogP contribution in [0.15, 0.2) is 18.2 Å². The average Bonchev–Trinajstić information content (AvgIpc) is 2.63. The van der Waals surface area contributed by atoms with Crippen LogP contribution >= 0.6 is 11.8 Å². The summed E-state index contributed by atoms with van der Waals surface area (Å²) in [6.07, 6.45) is 3.83. The highest BCUT2D eigenvalue weighted by Gasteiger charge is 2.35. The zero-order valence-corrected chi connectivity index (χ0v) is 11.5. The number of benzene rings is 1. The van der Waals surface area contributed by atoms with Crippen LogP contribution in [0.1, 0.15) is 29.3 Å². The molecule has 4 heteroatoms. The highest BCUT2D eigenvalue weighted by molar-refractivity contribution is 7.98. The Labute approximate surface area is 112 Å². The molecular formula is C14H17NO2S. The monoisotopic (exact) mass is 263 g/mol. The fourth-order valence-electron chi connectivity index (χ4n) is 2.16. The summed E-state index contributed by atoms with van der Waals surface area (Å²) in [6.45, 7) is 2.67. The largest absolute Gasteiger partial charge is 0.305 e. The first-order chi connectivity index (χ1) is 8.69. The number of hydrogen-bond acceptors (Lipinski definition) is 3. The predicted octanol–water partition coefficient (Wildman–Crippen LogP) is 2.53. The summed E-state index contributed by atoms with van der Waals surface area (Å²) in [4.78, 5) is 25.5. The number of carbonyl (C=O) groups is 2. The maximum atomic E-state index is 11.9. The molecule has 0 atom stereocenters. The molecule has 0 saturated heterocycles. The maximum absolute atomic E-state index is 11.9. The van der Waals surface area contributed by atoms with Crippen molar-refractivity contribution in [3.63, 3.8) is 0 Å². The number of fused-ring (bicyclic) bond motifs is 1. The fraction of sp³-hybridized carbons (Fsp3) is 0.429. The number of thioether (sulfide) groups is 1. The first-order valence-corrected chi connectivity index (χ1v) is 7.56. The minimum absolute atomic E-state index is 0.357. The summed E-state index contributed by atoms with van der Waals surface area (Å²) in [6, 6.07) is 5.74. The van der Waals surface area contributed by atoms with Crippen molar-refractivity contribution in [3.05, 3.63) is 29.3 Å². The van der Waals surface area contributed by atoms with Gasteiger partial charge < -0.3 is 4.90 Å². The number of carbonyl (C=O) groups excluding carboxylic acids is 2. The molecular weight excluding hydrogens is 246 g/mol. The molecule has 0 fully saturated rings. The van der Waals surface area contributed by atoms with Crippen molar-refractivity contribution in [2.45, 2.75) is 19.8 Å². The van der Waals surface area contributed by atoms with E-state index in [1.165, 1.54) is 0 Å². The van der Waals surface area contributed by atoms with E-state index in [0.717, 1.165) is 29.8 Å². The van der Waals surface area contributed by atoms with Crippen LogP contribution in [0.25, 0.3) is 0 Å². The van der Waals surface area contributed by atoms with E-state index in [-0.39, 0.29) is 11.7 Å². The minimum Gasteiger partial charge on any atom is -0.305 e. The molecule has 0 spiro atoms. The summed E-state index contributed by atoms with van der Waals surface area (Å²) in [5.41, 5.74) is 2.45. The Balaban J connectivity index is 2.26. The molecule has 3 nitrogen and oxygen atoms in total. The Morgan fingerprint density at radius 3 is 2.72 bits per heavy atom. The number of hydrogen-bond donors (Lipinski definition) is 0. The third kappa shape index (κ3) is 2.29. The van der Waals surface area contributed by atoms with Gasteiger partial charge in [0.05, 0.1) is 11.3 Å². The lowest BCUT2D eigenvalue weighted by atomic mass is 10.1. The molecule has 1 heterocycles. The molecule has 1 amide bonds. The smallest absolute Gasteiger partial charge is 0.299 e. The molecule has 0 aromatic heterocycles. The summed E-state index contributed by atoms with van der Waals surface area (Å²) in [7, 11) is 0. The van der Waals surface area contributed by atoms with Crippen LogP contribution in [-0.2, 0) is 11.2 Å². The Morgan fingerprint density at radius 1 is 1.28 bits per heavy atom. The van der Waals surface area contributed by atoms with Crippen LogP contribution in [0.2, 0.25) is 0 Å². The fourth-order valence-corrected chi connectivity index (χ4v) is 2.57. The van der Waals surface area contributed by atoms with Gasteiger partial charge in [-0.05, 0) is 42.5 Å². The van der Waals surface area contributed by atoms with E-state index in [0.29, 0.717) is 12.1 Å². The van der Waals surface area contributed by atoms with Gasteiger partial charge in [0.1, 0.15) is 0 Å². The van der Waals surface area contributed by atoms with Crippen LogP contribution in [0.4, 0.5) is 5.69 Å². The van der Waals surface area contributed by atoms with Crippen LogP contribution < -0.4 is 4.90 Å². The van der Waals surface area contributed by atoms with Crippen molar-refractivity contribution in [3.8, 4) is 0 Å². The third-order valence-corrected chi connectivity index (χ3v) is 3.87. The summed E-state index contributed by atoms with van der Waals surface area (Å²) in [5.74, 6) is 0.268. The molecule has 1 aromatic rings. The van der Waals surface area contributed by atoms with E-state index in [9.17, 15) is 9.59 Å². The zero-order chi connectivity index (χ0) is 13.1. The molecule has 0 saturated carbocycles. The second kappa shape index (κ2) is 5.57. The first-order valence-electron chi connectivity index (χ1n) is 6.17. The van der Waals surface area contributed by atoms with Crippen LogP contribution in [0, 0.1) is 0 Å². The van der Waals surface area contributed by atoms with Gasteiger partial charge in [-0.1, -0.05) is 13.0 Å². The Hall–Kier alpha value is -1.29. The van der Waals surface area contributed by atoms with Gasteiger partial charge in [-0.3, -0.25) is 9.59 Å². The topological polar surface area (TPSA) is 37.4 Å². The molecule has 1 aliphatic heterocycles. The number of ketones is 1. The van der Waals surface area contributed by atoms with Crippen molar-refractivity contribution in [1.29, 1.82) is 0 Å². The summed E-state index contributed by atoms with van der Waals surface area (Å²) >= 11 is 1.75. The molecule has 1 aromatic carbocycles. The number of anilines is 1. The number of amides is 1. The van der Waals surface area contributed by atoms with Gasteiger partial charge in [0, 0.05) is 6.54 Å². The Morgan fingerprint density at radius 2 is 2.06 bits per heavy atom. The summed E-state index contributed by atoms with van der Waals surface area (Å²) < 4.78 is 0. The standard InChI is InChI=1S/C14H17NO2S/c1-3-10-5-6-12-11(9-10)13(16)14(17)15(12)7-4-8-18-2/h5-6,9H,3-4,7-8H2,1-2H3. The number of rotatable bonds is 5. The van der Waals surface area contributed by atoms with Crippen molar-refractivity contribution in [1.82, 2.24) is 0 Å². The number of aryl methyl sites for hydroxylation is 1. The Kier molecular flexibility index (Phi) is 4.07. The molecule has 0 N–H and O–H groups in total. The number of Topliss-reactive ketones (excluding diaryl/α,β-unsaturated/α-hetero) is 1. The maximum Gasteiger partial charge on any atom is 0.299 e. The van der Waals surface area contributed by atoms with E-state index in [2.05, 4.69) is 0 Å². The van der Waals surface area contributed by atoms with Gasteiger partial charge in [0.25, 0.3) is 11.7 Å². The highest BCUT2D eigenvalue weighted by atomic mass is 32.2. The quantitative estimate of drug-likeness (QED) is 0.605. The Bertz CT molecular complexity index is 485. The molecule has 2 rings (SSSR count). The van der Waals surface area contributed by atoms with Crippen molar-refractivity contribution >= 4 is 29.1 Å². The van der Waals surface area contributed by atoms with E-state index >= 15 is 0 Å².